The van der Waals surface area contributed by atoms with Crippen LogP contribution in [0.3, 0.4) is 0 Å². The number of hydrogen-bond donors (Lipinski definition) is 2. The average molecular weight is 293 g/mol. The molecule has 2 N–H and O–H groups in total. The highest BCUT2D eigenvalue weighted by molar-refractivity contribution is 6.08. The fourth-order valence-electron chi connectivity index (χ4n) is 2.54. The van der Waals surface area contributed by atoms with E-state index in [-0.39, 0.29) is 12.2 Å². The molecule has 22 heavy (non-hydrogen) atoms. The summed E-state index contributed by atoms with van der Waals surface area (Å²) in [5.74, 6) is -0.867. The number of nitrogens with one attached hydrogen (secondary N) is 1. The van der Waals surface area contributed by atoms with Crippen molar-refractivity contribution in [1.29, 1.82) is 0 Å². The molecule has 1 atom stereocenters. The van der Waals surface area contributed by atoms with Gasteiger partial charge in [0, 0.05) is 11.3 Å². The predicted molar refractivity (Wildman–Crippen MR) is 84.1 cm³/mol. The molecule has 0 saturated heterocycles. The third-order valence-electron chi connectivity index (χ3n) is 3.69. The Kier molecular flexibility index (Phi) is 3.61. The molecule has 0 spiro atoms. The van der Waals surface area contributed by atoms with E-state index in [0.717, 1.165) is 5.56 Å². The zero-order valence-corrected chi connectivity index (χ0v) is 11.8. The van der Waals surface area contributed by atoms with Crippen LogP contribution in [-0.2, 0) is 15.2 Å². The van der Waals surface area contributed by atoms with E-state index in [9.17, 15) is 14.7 Å². The average Bonchev–Trinajstić information content (AvgIpc) is 2.78. The Labute approximate surface area is 128 Å². The van der Waals surface area contributed by atoms with Crippen molar-refractivity contribution in [3.8, 4) is 0 Å². The van der Waals surface area contributed by atoms with Crippen molar-refractivity contribution >= 4 is 23.5 Å². The van der Waals surface area contributed by atoms with E-state index in [2.05, 4.69) is 5.32 Å². The quantitative estimate of drug-likeness (QED) is 0.851. The van der Waals surface area contributed by atoms with Crippen LogP contribution in [0.4, 0.5) is 5.69 Å². The van der Waals surface area contributed by atoms with Crippen molar-refractivity contribution in [2.45, 2.75) is 12.0 Å². The van der Waals surface area contributed by atoms with Gasteiger partial charge in [0.15, 0.2) is 11.4 Å². The monoisotopic (exact) mass is 293 g/mol. The number of allylic oxidation sites excluding steroid dienone is 1. The molecular weight excluding hydrogens is 278 g/mol. The van der Waals surface area contributed by atoms with E-state index < -0.39 is 11.5 Å². The van der Waals surface area contributed by atoms with Crippen LogP contribution in [0.1, 0.15) is 17.5 Å². The van der Waals surface area contributed by atoms with Gasteiger partial charge in [-0.1, -0.05) is 54.6 Å². The van der Waals surface area contributed by atoms with Crippen molar-refractivity contribution in [1.82, 2.24) is 0 Å². The lowest BCUT2D eigenvalue weighted by Gasteiger charge is -2.18. The van der Waals surface area contributed by atoms with Crippen LogP contribution in [0.15, 0.2) is 60.7 Å². The summed E-state index contributed by atoms with van der Waals surface area (Å²) in [6, 6.07) is 16.2. The van der Waals surface area contributed by atoms with E-state index in [1.807, 2.05) is 30.3 Å². The number of anilines is 1. The molecule has 1 amide bonds. The largest absolute Gasteiger partial charge is 0.375 e. The number of para-hydroxylation sites is 1. The molecule has 1 aliphatic heterocycles. The van der Waals surface area contributed by atoms with Gasteiger partial charge in [-0.15, -0.1) is 0 Å². The molecule has 0 saturated carbocycles. The molecule has 3 rings (SSSR count). The van der Waals surface area contributed by atoms with Crippen molar-refractivity contribution in [3.05, 3.63) is 71.8 Å². The van der Waals surface area contributed by atoms with Crippen LogP contribution >= 0.6 is 0 Å². The van der Waals surface area contributed by atoms with E-state index in [1.165, 1.54) is 6.08 Å². The van der Waals surface area contributed by atoms with Gasteiger partial charge in [-0.25, -0.2) is 0 Å². The summed E-state index contributed by atoms with van der Waals surface area (Å²) in [5.41, 5.74) is 0.0877. The topological polar surface area (TPSA) is 66.4 Å². The van der Waals surface area contributed by atoms with Gasteiger partial charge < -0.3 is 10.4 Å². The van der Waals surface area contributed by atoms with Gasteiger partial charge in [-0.2, -0.15) is 0 Å². The van der Waals surface area contributed by atoms with Gasteiger partial charge in [-0.3, -0.25) is 9.59 Å². The molecule has 0 bridgehead atoms. The summed E-state index contributed by atoms with van der Waals surface area (Å²) in [7, 11) is 0. The van der Waals surface area contributed by atoms with E-state index in [0.29, 0.717) is 11.3 Å². The maximum Gasteiger partial charge on any atom is 0.261 e. The molecule has 4 heteroatoms. The molecule has 1 heterocycles. The third-order valence-corrected chi connectivity index (χ3v) is 3.69. The first-order valence-electron chi connectivity index (χ1n) is 6.99. The summed E-state index contributed by atoms with van der Waals surface area (Å²) in [4.78, 5) is 24.1. The Hall–Kier alpha value is -2.72. The highest BCUT2D eigenvalue weighted by Gasteiger charge is 2.46. The fraction of sp³-hybridized carbons (Fsp3) is 0.111. The van der Waals surface area contributed by atoms with Crippen molar-refractivity contribution in [2.24, 2.45) is 0 Å². The lowest BCUT2D eigenvalue weighted by Crippen LogP contribution is -2.36. The molecular formula is C18H15NO3. The lowest BCUT2D eigenvalue weighted by atomic mass is 9.90. The SMILES string of the molecule is O=C(/C=C/c1ccccc1)CC1(O)C(=O)Nc2ccccc21. The minimum atomic E-state index is -1.80. The number of aliphatic hydroxyl groups is 1. The second-order valence-electron chi connectivity index (χ2n) is 5.25. The van der Waals surface area contributed by atoms with Crippen molar-refractivity contribution in [3.63, 3.8) is 0 Å². The number of carbonyl (C=O) groups excluding carboxylic acids is 2. The van der Waals surface area contributed by atoms with Gasteiger partial charge in [0.25, 0.3) is 5.91 Å². The first-order chi connectivity index (χ1) is 10.6. The molecule has 1 aliphatic rings. The van der Waals surface area contributed by atoms with Crippen LogP contribution in [-0.4, -0.2) is 16.8 Å². The van der Waals surface area contributed by atoms with Gasteiger partial charge >= 0.3 is 0 Å². The number of fused-ring (bicyclic) bond motifs is 1. The minimum absolute atomic E-state index is 0.279. The summed E-state index contributed by atoms with van der Waals surface area (Å²) >= 11 is 0. The molecule has 4 nitrogen and oxygen atoms in total. The Bertz CT molecular complexity index is 752. The van der Waals surface area contributed by atoms with Gasteiger partial charge in [0.1, 0.15) is 0 Å². The number of rotatable bonds is 4. The Morgan fingerprint density at radius 1 is 1.09 bits per heavy atom. The van der Waals surface area contributed by atoms with E-state index in [4.69, 9.17) is 0 Å². The Morgan fingerprint density at radius 2 is 1.77 bits per heavy atom. The molecule has 0 fully saturated rings. The summed E-state index contributed by atoms with van der Waals surface area (Å²) < 4.78 is 0. The standard InChI is InChI=1S/C18H15NO3/c20-14(11-10-13-6-2-1-3-7-13)12-18(22)15-8-4-5-9-16(15)19-17(18)21/h1-11,22H,12H2,(H,19,21)/b11-10+. The number of hydrogen-bond acceptors (Lipinski definition) is 3. The van der Waals surface area contributed by atoms with Crippen LogP contribution in [0.25, 0.3) is 6.08 Å². The predicted octanol–water partition coefficient (Wildman–Crippen LogP) is 2.50. The van der Waals surface area contributed by atoms with Crippen molar-refractivity contribution in [2.75, 3.05) is 5.32 Å². The van der Waals surface area contributed by atoms with Crippen LogP contribution in [0.5, 0.6) is 0 Å². The molecule has 2 aromatic carbocycles. The zero-order valence-electron chi connectivity index (χ0n) is 11.8. The van der Waals surface area contributed by atoms with E-state index in [1.54, 1.807) is 30.3 Å². The first-order valence-corrected chi connectivity index (χ1v) is 6.99. The maximum absolute atomic E-state index is 12.1. The zero-order chi connectivity index (χ0) is 15.6. The number of carbonyl (C=O) groups is 2. The second-order valence-corrected chi connectivity index (χ2v) is 5.25. The molecule has 0 aliphatic carbocycles. The third kappa shape index (κ3) is 2.56. The normalized spacial score (nSPS) is 20.0. The molecule has 1 unspecified atom stereocenters. The maximum atomic E-state index is 12.1. The van der Waals surface area contributed by atoms with E-state index >= 15 is 0 Å². The number of benzene rings is 2. The smallest absolute Gasteiger partial charge is 0.261 e. The summed E-state index contributed by atoms with van der Waals surface area (Å²) in [6.07, 6.45) is 2.78. The summed E-state index contributed by atoms with van der Waals surface area (Å²) in [5, 5.41) is 13.2. The Morgan fingerprint density at radius 3 is 2.55 bits per heavy atom. The number of amides is 1. The molecule has 2 aromatic rings. The van der Waals surface area contributed by atoms with Crippen LogP contribution in [0, 0.1) is 0 Å². The highest BCUT2D eigenvalue weighted by Crippen LogP contribution is 2.38. The van der Waals surface area contributed by atoms with Gasteiger partial charge in [0.2, 0.25) is 0 Å². The van der Waals surface area contributed by atoms with Crippen LogP contribution in [0.2, 0.25) is 0 Å². The summed E-state index contributed by atoms with van der Waals surface area (Å²) in [6.45, 7) is 0. The highest BCUT2D eigenvalue weighted by atomic mass is 16.3. The lowest BCUT2D eigenvalue weighted by molar-refractivity contribution is -0.138. The minimum Gasteiger partial charge on any atom is -0.375 e. The molecule has 0 aromatic heterocycles. The Balaban J connectivity index is 1.79. The fourth-order valence-corrected chi connectivity index (χ4v) is 2.54. The molecule has 110 valence electrons. The number of ketones is 1. The van der Waals surface area contributed by atoms with Crippen LogP contribution < -0.4 is 5.32 Å². The second kappa shape index (κ2) is 5.58. The molecule has 0 radical (unpaired) electrons. The first kappa shape index (κ1) is 14.2. The van der Waals surface area contributed by atoms with Gasteiger partial charge in [-0.05, 0) is 17.7 Å². The van der Waals surface area contributed by atoms with Crippen molar-refractivity contribution < 1.29 is 14.7 Å². The van der Waals surface area contributed by atoms with Gasteiger partial charge in [0.05, 0.1) is 6.42 Å².